The fraction of sp³-hybridized carbons (Fsp3) is 0.438. The molecule has 1 aromatic carbocycles. The van der Waals surface area contributed by atoms with Gasteiger partial charge in [-0.05, 0) is 41.2 Å². The van der Waals surface area contributed by atoms with Crippen LogP contribution in [-0.4, -0.2) is 4.98 Å². The Kier molecular flexibility index (Phi) is 3.29. The zero-order valence-corrected chi connectivity index (χ0v) is 11.7. The molecule has 2 rings (SSSR count). The van der Waals surface area contributed by atoms with Gasteiger partial charge in [-0.25, -0.2) is 4.98 Å². The van der Waals surface area contributed by atoms with E-state index in [-0.39, 0.29) is 5.41 Å². The third kappa shape index (κ3) is 2.47. The van der Waals surface area contributed by atoms with Crippen LogP contribution in [0.25, 0.3) is 10.9 Å². The lowest BCUT2D eigenvalue weighted by molar-refractivity contribution is 0.591. The molecule has 0 bridgehead atoms. The van der Waals surface area contributed by atoms with Gasteiger partial charge in [0.25, 0.3) is 0 Å². The Bertz CT molecular complexity index is 565. The lowest BCUT2D eigenvalue weighted by Crippen LogP contribution is -2.10. The van der Waals surface area contributed by atoms with Crippen molar-refractivity contribution >= 4 is 16.7 Å². The molecule has 96 valence electrons. The predicted octanol–water partition coefficient (Wildman–Crippen LogP) is 4.07. The minimum Gasteiger partial charge on any atom is -0.383 e. The Morgan fingerprint density at radius 3 is 2.50 bits per heavy atom. The standard InChI is InChI=1S/C16H22N2/c1-5-6-11-9-12-10-13(16(2,3)4)7-8-14(12)18-15(11)17/h7-10H,5-6H2,1-4H3,(H2,17,18). The largest absolute Gasteiger partial charge is 0.383 e. The highest BCUT2D eigenvalue weighted by molar-refractivity contribution is 5.82. The van der Waals surface area contributed by atoms with Gasteiger partial charge in [0.2, 0.25) is 0 Å². The maximum Gasteiger partial charge on any atom is 0.127 e. The molecule has 0 atom stereocenters. The maximum absolute atomic E-state index is 5.99. The number of aryl methyl sites for hydroxylation is 1. The van der Waals surface area contributed by atoms with Crippen LogP contribution in [0.3, 0.4) is 0 Å². The highest BCUT2D eigenvalue weighted by Gasteiger charge is 2.14. The molecule has 0 spiro atoms. The van der Waals surface area contributed by atoms with Crippen molar-refractivity contribution in [1.82, 2.24) is 4.98 Å². The van der Waals surface area contributed by atoms with Crippen molar-refractivity contribution in [3.8, 4) is 0 Å². The van der Waals surface area contributed by atoms with Gasteiger partial charge < -0.3 is 5.73 Å². The van der Waals surface area contributed by atoms with Crippen LogP contribution in [-0.2, 0) is 11.8 Å². The van der Waals surface area contributed by atoms with Crippen LogP contribution >= 0.6 is 0 Å². The van der Waals surface area contributed by atoms with Gasteiger partial charge in [0, 0.05) is 5.39 Å². The van der Waals surface area contributed by atoms with Gasteiger partial charge >= 0.3 is 0 Å². The van der Waals surface area contributed by atoms with Gasteiger partial charge in [0.05, 0.1) is 5.52 Å². The Hall–Kier alpha value is -1.57. The van der Waals surface area contributed by atoms with E-state index in [1.54, 1.807) is 0 Å². The molecular formula is C16H22N2. The summed E-state index contributed by atoms with van der Waals surface area (Å²) < 4.78 is 0. The quantitative estimate of drug-likeness (QED) is 0.862. The summed E-state index contributed by atoms with van der Waals surface area (Å²) in [6, 6.07) is 8.65. The van der Waals surface area contributed by atoms with Crippen molar-refractivity contribution in [2.45, 2.75) is 46.0 Å². The molecule has 2 nitrogen and oxygen atoms in total. The number of rotatable bonds is 2. The molecule has 0 amide bonds. The van der Waals surface area contributed by atoms with E-state index in [9.17, 15) is 0 Å². The van der Waals surface area contributed by atoms with E-state index in [0.29, 0.717) is 5.82 Å². The molecule has 2 heteroatoms. The second kappa shape index (κ2) is 4.60. The summed E-state index contributed by atoms with van der Waals surface area (Å²) in [5.41, 5.74) is 9.64. The molecule has 0 saturated carbocycles. The first kappa shape index (κ1) is 12.9. The molecule has 18 heavy (non-hydrogen) atoms. The number of benzene rings is 1. The molecule has 0 saturated heterocycles. The van der Waals surface area contributed by atoms with Crippen LogP contribution in [0.5, 0.6) is 0 Å². The molecule has 0 aliphatic rings. The van der Waals surface area contributed by atoms with Crippen molar-refractivity contribution in [2.24, 2.45) is 0 Å². The summed E-state index contributed by atoms with van der Waals surface area (Å²) in [5, 5.41) is 1.19. The SMILES string of the molecule is CCCc1cc2cc(C(C)(C)C)ccc2nc1N. The Labute approximate surface area is 109 Å². The predicted molar refractivity (Wildman–Crippen MR) is 78.9 cm³/mol. The zero-order valence-electron chi connectivity index (χ0n) is 11.7. The first-order valence-corrected chi connectivity index (χ1v) is 6.61. The number of hydrogen-bond acceptors (Lipinski definition) is 2. The second-order valence-corrected chi connectivity index (χ2v) is 5.94. The minimum absolute atomic E-state index is 0.167. The van der Waals surface area contributed by atoms with Crippen molar-refractivity contribution in [3.63, 3.8) is 0 Å². The van der Waals surface area contributed by atoms with E-state index in [1.165, 1.54) is 10.9 Å². The third-order valence-electron chi connectivity index (χ3n) is 3.31. The fourth-order valence-electron chi connectivity index (χ4n) is 2.17. The van der Waals surface area contributed by atoms with E-state index in [0.717, 1.165) is 23.9 Å². The topological polar surface area (TPSA) is 38.9 Å². The first-order valence-electron chi connectivity index (χ1n) is 6.61. The average Bonchev–Trinajstić information content (AvgIpc) is 2.28. The number of fused-ring (bicyclic) bond motifs is 1. The van der Waals surface area contributed by atoms with Gasteiger partial charge in [-0.15, -0.1) is 0 Å². The molecule has 0 unspecified atom stereocenters. The molecule has 1 aromatic heterocycles. The summed E-state index contributed by atoms with van der Waals surface area (Å²) in [5.74, 6) is 0.674. The normalized spacial score (nSPS) is 12.0. The molecule has 1 heterocycles. The van der Waals surface area contributed by atoms with Gasteiger partial charge in [-0.3, -0.25) is 0 Å². The van der Waals surface area contributed by atoms with Crippen molar-refractivity contribution in [3.05, 3.63) is 35.4 Å². The second-order valence-electron chi connectivity index (χ2n) is 5.94. The van der Waals surface area contributed by atoms with Gasteiger partial charge in [-0.2, -0.15) is 0 Å². The Balaban J connectivity index is 2.58. The van der Waals surface area contributed by atoms with Crippen LogP contribution in [0.15, 0.2) is 24.3 Å². The first-order chi connectivity index (χ1) is 8.41. The maximum atomic E-state index is 5.99. The van der Waals surface area contributed by atoms with Crippen molar-refractivity contribution in [2.75, 3.05) is 5.73 Å². The van der Waals surface area contributed by atoms with Crippen LogP contribution in [0.1, 0.15) is 45.2 Å². The minimum atomic E-state index is 0.167. The third-order valence-corrected chi connectivity index (χ3v) is 3.31. The molecular weight excluding hydrogens is 220 g/mol. The van der Waals surface area contributed by atoms with Crippen LogP contribution < -0.4 is 5.73 Å². The molecule has 0 fully saturated rings. The van der Waals surface area contributed by atoms with E-state index >= 15 is 0 Å². The van der Waals surface area contributed by atoms with Crippen molar-refractivity contribution in [1.29, 1.82) is 0 Å². The number of hydrogen-bond donors (Lipinski definition) is 1. The summed E-state index contributed by atoms with van der Waals surface area (Å²) >= 11 is 0. The van der Waals surface area contributed by atoms with Crippen LogP contribution in [0, 0.1) is 0 Å². The number of anilines is 1. The summed E-state index contributed by atoms with van der Waals surface area (Å²) in [7, 11) is 0. The van der Waals surface area contributed by atoms with Crippen molar-refractivity contribution < 1.29 is 0 Å². The monoisotopic (exact) mass is 242 g/mol. The Morgan fingerprint density at radius 2 is 1.89 bits per heavy atom. The number of pyridine rings is 1. The molecule has 0 aliphatic carbocycles. The number of nitrogens with two attached hydrogens (primary N) is 1. The summed E-state index contributed by atoms with van der Waals surface area (Å²) in [4.78, 5) is 4.50. The molecule has 0 aliphatic heterocycles. The summed E-state index contributed by atoms with van der Waals surface area (Å²) in [6.07, 6.45) is 2.09. The smallest absolute Gasteiger partial charge is 0.127 e. The number of aromatic nitrogens is 1. The van der Waals surface area contributed by atoms with E-state index in [1.807, 2.05) is 0 Å². The van der Waals surface area contributed by atoms with Crippen LogP contribution in [0.4, 0.5) is 5.82 Å². The molecule has 0 radical (unpaired) electrons. The van der Waals surface area contributed by atoms with E-state index in [4.69, 9.17) is 5.73 Å². The van der Waals surface area contributed by atoms with E-state index < -0.39 is 0 Å². The fourth-order valence-corrected chi connectivity index (χ4v) is 2.17. The average molecular weight is 242 g/mol. The van der Waals surface area contributed by atoms with Gasteiger partial charge in [-0.1, -0.05) is 40.2 Å². The number of nitrogens with zero attached hydrogens (tertiary/aromatic N) is 1. The Morgan fingerprint density at radius 1 is 1.17 bits per heavy atom. The highest BCUT2D eigenvalue weighted by Crippen LogP contribution is 2.27. The highest BCUT2D eigenvalue weighted by atomic mass is 14.8. The van der Waals surface area contributed by atoms with Crippen LogP contribution in [0.2, 0.25) is 0 Å². The zero-order chi connectivity index (χ0) is 13.3. The lowest BCUT2D eigenvalue weighted by Gasteiger charge is -2.19. The van der Waals surface area contributed by atoms with Gasteiger partial charge in [0.15, 0.2) is 0 Å². The molecule has 2 N–H and O–H groups in total. The van der Waals surface area contributed by atoms with E-state index in [2.05, 4.69) is 56.9 Å². The summed E-state index contributed by atoms with van der Waals surface area (Å²) in [6.45, 7) is 8.85. The molecule has 2 aromatic rings. The van der Waals surface area contributed by atoms with Gasteiger partial charge in [0.1, 0.15) is 5.82 Å². The number of nitrogen functional groups attached to an aromatic ring is 1. The lowest BCUT2D eigenvalue weighted by atomic mass is 9.86.